The quantitative estimate of drug-likeness (QED) is 0.833. The minimum Gasteiger partial charge on any atom is -0.490 e. The monoisotopic (exact) mass is 294 g/mol. The van der Waals surface area contributed by atoms with Crippen molar-refractivity contribution in [3.05, 3.63) is 41.1 Å². The first kappa shape index (κ1) is 12.9. The van der Waals surface area contributed by atoms with Crippen LogP contribution in [0.2, 0.25) is 5.28 Å². The van der Waals surface area contributed by atoms with Gasteiger partial charge in [-0.25, -0.2) is 9.37 Å². The molecule has 7 heteroatoms. The molecule has 0 unspecified atom stereocenters. The molecule has 2 heterocycles. The van der Waals surface area contributed by atoms with E-state index in [-0.39, 0.29) is 22.9 Å². The number of halogens is 2. The van der Waals surface area contributed by atoms with Crippen LogP contribution in [0.3, 0.4) is 0 Å². The molecule has 20 heavy (non-hydrogen) atoms. The highest BCUT2D eigenvalue weighted by molar-refractivity contribution is 6.28. The van der Waals surface area contributed by atoms with Crippen molar-refractivity contribution >= 4 is 23.1 Å². The molecule has 3 rings (SSSR count). The highest BCUT2D eigenvalue weighted by Crippen LogP contribution is 2.36. The SMILES string of the molecule is Nc1cnc(Cl)nc1N[C@@H]1CCOc2c(F)cccc21. The normalized spacial score (nSPS) is 17.2. The zero-order valence-electron chi connectivity index (χ0n) is 10.4. The largest absolute Gasteiger partial charge is 0.490 e. The first-order valence-corrected chi connectivity index (χ1v) is 6.48. The molecule has 1 atom stereocenters. The van der Waals surface area contributed by atoms with Gasteiger partial charge in [-0.3, -0.25) is 0 Å². The molecule has 0 amide bonds. The second kappa shape index (κ2) is 5.13. The van der Waals surface area contributed by atoms with E-state index in [2.05, 4.69) is 15.3 Å². The number of benzene rings is 1. The minimum atomic E-state index is -0.373. The molecular weight excluding hydrogens is 283 g/mol. The fraction of sp³-hybridized carbons (Fsp3) is 0.231. The van der Waals surface area contributed by atoms with Crippen molar-refractivity contribution < 1.29 is 9.13 Å². The lowest BCUT2D eigenvalue weighted by atomic mass is 10.0. The van der Waals surface area contributed by atoms with Crippen LogP contribution < -0.4 is 15.8 Å². The lowest BCUT2D eigenvalue weighted by molar-refractivity contribution is 0.260. The Kier molecular flexibility index (Phi) is 3.31. The lowest BCUT2D eigenvalue weighted by Crippen LogP contribution is -2.22. The Morgan fingerprint density at radius 1 is 1.45 bits per heavy atom. The van der Waals surface area contributed by atoms with Gasteiger partial charge in [-0.15, -0.1) is 0 Å². The van der Waals surface area contributed by atoms with Crippen LogP contribution in [0.25, 0.3) is 0 Å². The second-order valence-corrected chi connectivity index (χ2v) is 4.77. The van der Waals surface area contributed by atoms with Crippen LogP contribution in [0.15, 0.2) is 24.4 Å². The van der Waals surface area contributed by atoms with Gasteiger partial charge in [-0.05, 0) is 17.7 Å². The third-order valence-electron chi connectivity index (χ3n) is 3.12. The molecule has 0 bridgehead atoms. The molecule has 1 aromatic carbocycles. The highest BCUT2D eigenvalue weighted by atomic mass is 35.5. The number of nitrogen functional groups attached to an aromatic ring is 1. The fourth-order valence-electron chi connectivity index (χ4n) is 2.19. The summed E-state index contributed by atoms with van der Waals surface area (Å²) in [5.74, 6) is 0.338. The number of anilines is 2. The van der Waals surface area contributed by atoms with Crippen LogP contribution in [0.5, 0.6) is 5.75 Å². The third-order valence-corrected chi connectivity index (χ3v) is 3.31. The molecule has 3 N–H and O–H groups in total. The number of aromatic nitrogens is 2. The van der Waals surface area contributed by atoms with Crippen molar-refractivity contribution in [3.63, 3.8) is 0 Å². The number of rotatable bonds is 2. The Bertz CT molecular complexity index is 652. The van der Waals surface area contributed by atoms with Crippen molar-refractivity contribution in [2.75, 3.05) is 17.7 Å². The number of para-hydroxylation sites is 1. The number of ether oxygens (including phenoxy) is 1. The molecule has 1 aromatic heterocycles. The van der Waals surface area contributed by atoms with Gasteiger partial charge < -0.3 is 15.8 Å². The number of hydrogen-bond acceptors (Lipinski definition) is 5. The van der Waals surface area contributed by atoms with Crippen molar-refractivity contribution in [2.24, 2.45) is 0 Å². The summed E-state index contributed by atoms with van der Waals surface area (Å²) >= 11 is 5.76. The van der Waals surface area contributed by atoms with E-state index in [0.717, 1.165) is 5.56 Å². The molecule has 1 aliphatic heterocycles. The molecule has 0 radical (unpaired) electrons. The number of nitrogens with one attached hydrogen (secondary N) is 1. The fourth-order valence-corrected chi connectivity index (χ4v) is 2.32. The summed E-state index contributed by atoms with van der Waals surface area (Å²) in [6, 6.07) is 4.70. The molecule has 1 aliphatic rings. The zero-order valence-corrected chi connectivity index (χ0v) is 11.2. The molecular formula is C13H12ClFN4O. The Morgan fingerprint density at radius 2 is 2.30 bits per heavy atom. The zero-order chi connectivity index (χ0) is 14.1. The van der Waals surface area contributed by atoms with E-state index < -0.39 is 0 Å². The van der Waals surface area contributed by atoms with E-state index in [9.17, 15) is 4.39 Å². The average molecular weight is 295 g/mol. The number of nitrogens with zero attached hydrogens (tertiary/aromatic N) is 2. The number of fused-ring (bicyclic) bond motifs is 1. The Hall–Kier alpha value is -2.08. The van der Waals surface area contributed by atoms with Gasteiger partial charge in [0, 0.05) is 12.0 Å². The van der Waals surface area contributed by atoms with Crippen LogP contribution in [-0.2, 0) is 0 Å². The van der Waals surface area contributed by atoms with Gasteiger partial charge in [0.15, 0.2) is 17.4 Å². The summed E-state index contributed by atoms with van der Waals surface area (Å²) in [7, 11) is 0. The van der Waals surface area contributed by atoms with Crippen molar-refractivity contribution in [3.8, 4) is 5.75 Å². The molecule has 0 aliphatic carbocycles. The topological polar surface area (TPSA) is 73.1 Å². The molecule has 0 saturated heterocycles. The van der Waals surface area contributed by atoms with Crippen molar-refractivity contribution in [1.82, 2.24) is 9.97 Å². The van der Waals surface area contributed by atoms with Gasteiger partial charge in [0.05, 0.1) is 24.5 Å². The smallest absolute Gasteiger partial charge is 0.224 e. The Balaban J connectivity index is 1.94. The average Bonchev–Trinajstić information content (AvgIpc) is 2.44. The molecule has 0 saturated carbocycles. The first-order valence-electron chi connectivity index (χ1n) is 6.11. The predicted molar refractivity (Wildman–Crippen MR) is 74.3 cm³/mol. The van der Waals surface area contributed by atoms with Crippen molar-refractivity contribution in [2.45, 2.75) is 12.5 Å². The van der Waals surface area contributed by atoms with Crippen LogP contribution in [0, 0.1) is 5.82 Å². The van der Waals surface area contributed by atoms with E-state index in [4.69, 9.17) is 22.1 Å². The maximum atomic E-state index is 13.7. The van der Waals surface area contributed by atoms with Gasteiger partial charge in [0.25, 0.3) is 0 Å². The summed E-state index contributed by atoms with van der Waals surface area (Å²) in [4.78, 5) is 7.84. The van der Waals surface area contributed by atoms with E-state index in [0.29, 0.717) is 24.5 Å². The summed E-state index contributed by atoms with van der Waals surface area (Å²) in [6.45, 7) is 0.421. The number of hydrogen-bond donors (Lipinski definition) is 2. The van der Waals surface area contributed by atoms with Crippen LogP contribution in [0.1, 0.15) is 18.0 Å². The molecule has 0 spiro atoms. The van der Waals surface area contributed by atoms with E-state index in [1.165, 1.54) is 12.3 Å². The minimum absolute atomic E-state index is 0.105. The van der Waals surface area contributed by atoms with E-state index >= 15 is 0 Å². The Labute approximate surface area is 119 Å². The summed E-state index contributed by atoms with van der Waals surface area (Å²) in [5, 5.41) is 3.27. The maximum Gasteiger partial charge on any atom is 0.224 e. The van der Waals surface area contributed by atoms with Crippen LogP contribution >= 0.6 is 11.6 Å². The number of nitrogens with two attached hydrogens (primary N) is 1. The van der Waals surface area contributed by atoms with Gasteiger partial charge in [0.2, 0.25) is 5.28 Å². The summed E-state index contributed by atoms with van der Waals surface area (Å²) in [5.41, 5.74) is 6.93. The van der Waals surface area contributed by atoms with Gasteiger partial charge in [-0.2, -0.15) is 4.98 Å². The molecule has 104 valence electrons. The first-order chi connectivity index (χ1) is 9.65. The summed E-state index contributed by atoms with van der Waals surface area (Å²) < 4.78 is 19.1. The van der Waals surface area contributed by atoms with Crippen molar-refractivity contribution in [1.29, 1.82) is 0 Å². The van der Waals surface area contributed by atoms with E-state index in [1.54, 1.807) is 6.07 Å². The van der Waals surface area contributed by atoms with E-state index in [1.807, 2.05) is 6.07 Å². The highest BCUT2D eigenvalue weighted by Gasteiger charge is 2.24. The summed E-state index contributed by atoms with van der Waals surface area (Å²) in [6.07, 6.45) is 2.11. The predicted octanol–water partition coefficient (Wildman–Crippen LogP) is 2.79. The third kappa shape index (κ3) is 2.34. The Morgan fingerprint density at radius 3 is 3.15 bits per heavy atom. The molecule has 2 aromatic rings. The van der Waals surface area contributed by atoms with Gasteiger partial charge >= 0.3 is 0 Å². The molecule has 5 nitrogen and oxygen atoms in total. The maximum absolute atomic E-state index is 13.7. The standard InChI is InChI=1S/C13H12ClFN4O/c14-13-17-6-9(16)12(19-13)18-10-4-5-20-11-7(10)2-1-3-8(11)15/h1-3,6,10H,4-5,16H2,(H,17,18,19)/t10-/m1/s1. The van der Waals surface area contributed by atoms with Gasteiger partial charge in [0.1, 0.15) is 0 Å². The lowest BCUT2D eigenvalue weighted by Gasteiger charge is -2.27. The van der Waals surface area contributed by atoms with Gasteiger partial charge in [-0.1, -0.05) is 12.1 Å². The second-order valence-electron chi connectivity index (χ2n) is 4.44. The molecule has 0 fully saturated rings. The van der Waals surface area contributed by atoms with Crippen LogP contribution in [0.4, 0.5) is 15.9 Å². The van der Waals surface area contributed by atoms with Crippen LogP contribution in [-0.4, -0.2) is 16.6 Å².